The van der Waals surface area contributed by atoms with Crippen molar-refractivity contribution in [2.45, 2.75) is 69.6 Å². The molecule has 0 spiro atoms. The lowest BCUT2D eigenvalue weighted by Gasteiger charge is -2.17. The monoisotopic (exact) mass is 296 g/mol. The minimum Gasteiger partial charge on any atom is -0.0823 e. The van der Waals surface area contributed by atoms with Crippen molar-refractivity contribution in [3.05, 3.63) is 0 Å². The lowest BCUT2D eigenvalue weighted by Crippen LogP contribution is -2.10. The highest BCUT2D eigenvalue weighted by Gasteiger charge is 2.11. The maximum Gasteiger partial charge on any atom is 0.0135 e. The Morgan fingerprint density at radius 1 is 0.923 bits per heavy atom. The first-order chi connectivity index (χ1) is 6.22. The molecule has 0 bridgehead atoms. The molecule has 2 unspecified atom stereocenters. The predicted octanol–water partition coefficient (Wildman–Crippen LogP) is 5.20. The lowest BCUT2D eigenvalue weighted by atomic mass is 9.97. The van der Waals surface area contributed by atoms with Crippen molar-refractivity contribution < 1.29 is 0 Å². The fourth-order valence-corrected chi connectivity index (χ4v) is 2.62. The Balaban J connectivity index is 3.32. The van der Waals surface area contributed by atoms with E-state index in [0.717, 1.165) is 9.84 Å². The van der Waals surface area contributed by atoms with Crippen LogP contribution in [0, 0.1) is 5.92 Å². The van der Waals surface area contributed by atoms with Gasteiger partial charge in [-0.1, -0.05) is 75.5 Å². The topological polar surface area (TPSA) is 0 Å². The molecule has 0 aliphatic carbocycles. The molecule has 0 aromatic heterocycles. The third-order valence-electron chi connectivity index (χ3n) is 2.69. The van der Waals surface area contributed by atoms with Crippen LogP contribution in [-0.2, 0) is 0 Å². The molecule has 0 amide bonds. The summed E-state index contributed by atoms with van der Waals surface area (Å²) in [5.74, 6) is 0.928. The van der Waals surface area contributed by atoms with Gasteiger partial charge in [-0.2, -0.15) is 0 Å². The molecule has 1 heteroatoms. The zero-order chi connectivity index (χ0) is 10.1. The van der Waals surface area contributed by atoms with E-state index in [4.69, 9.17) is 0 Å². The number of hydrogen-bond acceptors (Lipinski definition) is 0. The van der Waals surface area contributed by atoms with Crippen LogP contribution in [0.3, 0.4) is 0 Å². The summed E-state index contributed by atoms with van der Waals surface area (Å²) in [7, 11) is 0. The van der Waals surface area contributed by atoms with Crippen LogP contribution in [0.2, 0.25) is 0 Å². The second-order valence-electron chi connectivity index (χ2n) is 4.13. The van der Waals surface area contributed by atoms with E-state index in [1.54, 1.807) is 0 Å². The van der Waals surface area contributed by atoms with Crippen LogP contribution in [0.25, 0.3) is 0 Å². The fourth-order valence-electron chi connectivity index (χ4n) is 1.63. The van der Waals surface area contributed by atoms with E-state index >= 15 is 0 Å². The van der Waals surface area contributed by atoms with Crippen LogP contribution in [0.15, 0.2) is 0 Å². The number of unbranched alkanes of at least 4 members (excludes halogenated alkanes) is 3. The van der Waals surface area contributed by atoms with Crippen molar-refractivity contribution in [2.24, 2.45) is 5.92 Å². The smallest absolute Gasteiger partial charge is 0.0135 e. The predicted molar refractivity (Wildman–Crippen MR) is 70.6 cm³/mol. The molecule has 80 valence electrons. The zero-order valence-corrected chi connectivity index (χ0v) is 11.6. The van der Waals surface area contributed by atoms with Gasteiger partial charge in [-0.05, 0) is 18.8 Å². The van der Waals surface area contributed by atoms with Gasteiger partial charge < -0.3 is 0 Å². The zero-order valence-electron chi connectivity index (χ0n) is 9.48. The maximum absolute atomic E-state index is 2.63. The van der Waals surface area contributed by atoms with Crippen LogP contribution >= 0.6 is 22.6 Å². The lowest BCUT2D eigenvalue weighted by molar-refractivity contribution is 0.467. The summed E-state index contributed by atoms with van der Waals surface area (Å²) in [6.07, 6.45) is 9.84. The molecule has 0 heterocycles. The van der Waals surface area contributed by atoms with E-state index in [9.17, 15) is 0 Å². The number of halogens is 1. The molecule has 0 radical (unpaired) electrons. The molecule has 0 aromatic rings. The fraction of sp³-hybridized carbons (Fsp3) is 1.00. The summed E-state index contributed by atoms with van der Waals surface area (Å²) >= 11 is 2.63. The van der Waals surface area contributed by atoms with Crippen molar-refractivity contribution in [3.63, 3.8) is 0 Å². The van der Waals surface area contributed by atoms with Gasteiger partial charge in [0, 0.05) is 3.92 Å². The van der Waals surface area contributed by atoms with E-state index in [-0.39, 0.29) is 0 Å². The van der Waals surface area contributed by atoms with Crippen molar-refractivity contribution in [2.75, 3.05) is 0 Å². The molecule has 0 saturated heterocycles. The average molecular weight is 296 g/mol. The van der Waals surface area contributed by atoms with E-state index in [2.05, 4.69) is 43.4 Å². The Bertz CT molecular complexity index is 101. The van der Waals surface area contributed by atoms with Crippen LogP contribution in [-0.4, -0.2) is 3.92 Å². The van der Waals surface area contributed by atoms with Gasteiger partial charge in [0.1, 0.15) is 0 Å². The Labute approximate surface area is 98.0 Å². The van der Waals surface area contributed by atoms with Gasteiger partial charge in [0.25, 0.3) is 0 Å². The Kier molecular flexibility index (Phi) is 9.81. The van der Waals surface area contributed by atoms with Gasteiger partial charge in [-0.25, -0.2) is 0 Å². The van der Waals surface area contributed by atoms with Crippen molar-refractivity contribution in [1.29, 1.82) is 0 Å². The quantitative estimate of drug-likeness (QED) is 0.328. The minimum absolute atomic E-state index is 0.907. The molecule has 0 nitrogen and oxygen atoms in total. The molecule has 0 rings (SSSR count). The second kappa shape index (κ2) is 9.29. The summed E-state index contributed by atoms with van der Waals surface area (Å²) in [4.78, 5) is 0. The van der Waals surface area contributed by atoms with E-state index < -0.39 is 0 Å². The van der Waals surface area contributed by atoms with Crippen LogP contribution in [0.5, 0.6) is 0 Å². The molecule has 13 heavy (non-hydrogen) atoms. The largest absolute Gasteiger partial charge is 0.0823 e. The molecule has 0 aromatic carbocycles. The highest BCUT2D eigenvalue weighted by Crippen LogP contribution is 2.23. The van der Waals surface area contributed by atoms with Gasteiger partial charge in [-0.15, -0.1) is 0 Å². The molecular formula is C12H25I. The van der Waals surface area contributed by atoms with Gasteiger partial charge in [0.15, 0.2) is 0 Å². The molecule has 0 aliphatic heterocycles. The number of alkyl halides is 1. The summed E-state index contributed by atoms with van der Waals surface area (Å²) in [5, 5.41) is 0. The summed E-state index contributed by atoms with van der Waals surface area (Å²) in [6.45, 7) is 6.98. The normalized spacial score (nSPS) is 15.7. The second-order valence-corrected chi connectivity index (χ2v) is 5.73. The Morgan fingerprint density at radius 3 is 2.15 bits per heavy atom. The van der Waals surface area contributed by atoms with E-state index in [1.807, 2.05) is 0 Å². The van der Waals surface area contributed by atoms with Crippen LogP contribution in [0.1, 0.15) is 65.7 Å². The standard InChI is InChI=1S/C12H25I/c1-4-6-7-8-10-11(3)12(13)9-5-2/h11-12H,4-10H2,1-3H3. The van der Waals surface area contributed by atoms with E-state index in [0.29, 0.717) is 0 Å². The van der Waals surface area contributed by atoms with Crippen molar-refractivity contribution >= 4 is 22.6 Å². The highest BCUT2D eigenvalue weighted by molar-refractivity contribution is 14.1. The van der Waals surface area contributed by atoms with Gasteiger partial charge >= 0.3 is 0 Å². The molecule has 2 atom stereocenters. The number of hydrogen-bond donors (Lipinski definition) is 0. The molecule has 0 aliphatic rings. The first-order valence-corrected chi connectivity index (χ1v) is 7.11. The van der Waals surface area contributed by atoms with E-state index in [1.165, 1.54) is 44.9 Å². The molecule has 0 saturated carbocycles. The first-order valence-electron chi connectivity index (χ1n) is 5.86. The highest BCUT2D eigenvalue weighted by atomic mass is 127. The molecular weight excluding hydrogens is 271 g/mol. The molecule has 0 N–H and O–H groups in total. The van der Waals surface area contributed by atoms with Crippen molar-refractivity contribution in [1.82, 2.24) is 0 Å². The van der Waals surface area contributed by atoms with Crippen LogP contribution < -0.4 is 0 Å². The summed E-state index contributed by atoms with van der Waals surface area (Å²) in [6, 6.07) is 0. The van der Waals surface area contributed by atoms with Crippen LogP contribution in [0.4, 0.5) is 0 Å². The van der Waals surface area contributed by atoms with Gasteiger partial charge in [0.05, 0.1) is 0 Å². The Morgan fingerprint density at radius 2 is 1.62 bits per heavy atom. The minimum atomic E-state index is 0.907. The number of rotatable bonds is 8. The van der Waals surface area contributed by atoms with Gasteiger partial charge in [0.2, 0.25) is 0 Å². The third kappa shape index (κ3) is 7.77. The third-order valence-corrected chi connectivity index (χ3v) is 4.55. The first kappa shape index (κ1) is 13.7. The Hall–Kier alpha value is 0.730. The maximum atomic E-state index is 2.63. The van der Waals surface area contributed by atoms with Gasteiger partial charge in [-0.3, -0.25) is 0 Å². The SMILES string of the molecule is CCCCCCC(C)C(I)CCC. The average Bonchev–Trinajstić information content (AvgIpc) is 2.12. The molecule has 0 fully saturated rings. The summed E-state index contributed by atoms with van der Waals surface area (Å²) in [5.41, 5.74) is 0. The van der Waals surface area contributed by atoms with Crippen molar-refractivity contribution in [3.8, 4) is 0 Å². The summed E-state index contributed by atoms with van der Waals surface area (Å²) < 4.78 is 0.907.